The number of quaternary nitrogens is 1. The summed E-state index contributed by atoms with van der Waals surface area (Å²) in [5, 5.41) is 7.22. The summed E-state index contributed by atoms with van der Waals surface area (Å²) in [4.78, 5) is 16.0. The highest BCUT2D eigenvalue weighted by Gasteiger charge is 2.29. The maximum Gasteiger partial charge on any atom is 0.261 e. The molecule has 0 saturated heterocycles. The SMILES string of the molecule is O=C(NC[C@@H](c1cccs1)[NH+]1CCc2ccccc2C1)c1cccs1. The molecule has 1 unspecified atom stereocenters. The molecule has 3 nitrogen and oxygen atoms in total. The summed E-state index contributed by atoms with van der Waals surface area (Å²) in [5.74, 6) is 0.0355. The lowest BCUT2D eigenvalue weighted by atomic mass is 9.98. The quantitative estimate of drug-likeness (QED) is 0.712. The predicted octanol–water partition coefficient (Wildman–Crippen LogP) is 2.92. The van der Waals surface area contributed by atoms with Crippen LogP contribution in [0.25, 0.3) is 0 Å². The molecule has 0 saturated carbocycles. The van der Waals surface area contributed by atoms with Gasteiger partial charge in [-0.25, -0.2) is 0 Å². The first kappa shape index (κ1) is 16.5. The van der Waals surface area contributed by atoms with Crippen LogP contribution in [0.3, 0.4) is 0 Å². The van der Waals surface area contributed by atoms with Crippen LogP contribution in [-0.4, -0.2) is 19.0 Å². The van der Waals surface area contributed by atoms with Gasteiger partial charge in [0.15, 0.2) is 0 Å². The molecule has 3 aromatic rings. The fourth-order valence-corrected chi connectivity index (χ4v) is 5.05. The molecule has 3 heterocycles. The molecule has 0 bridgehead atoms. The lowest BCUT2D eigenvalue weighted by molar-refractivity contribution is -0.945. The van der Waals surface area contributed by atoms with E-state index < -0.39 is 0 Å². The van der Waals surface area contributed by atoms with E-state index in [-0.39, 0.29) is 5.91 Å². The highest BCUT2D eigenvalue weighted by atomic mass is 32.1. The minimum absolute atomic E-state index is 0.0355. The van der Waals surface area contributed by atoms with Crippen LogP contribution >= 0.6 is 22.7 Å². The first-order valence-corrected chi connectivity index (χ1v) is 10.3. The Balaban J connectivity index is 1.50. The Kier molecular flexibility index (Phi) is 4.97. The zero-order valence-corrected chi connectivity index (χ0v) is 15.5. The van der Waals surface area contributed by atoms with Crippen molar-refractivity contribution in [2.75, 3.05) is 13.1 Å². The molecular weight excluding hydrogens is 348 g/mol. The number of carbonyl (C=O) groups is 1. The Morgan fingerprint density at radius 1 is 1.04 bits per heavy atom. The van der Waals surface area contributed by atoms with E-state index in [0.717, 1.165) is 24.4 Å². The van der Waals surface area contributed by atoms with E-state index in [0.29, 0.717) is 12.6 Å². The Morgan fingerprint density at radius 3 is 2.60 bits per heavy atom. The van der Waals surface area contributed by atoms with Crippen LogP contribution in [0.4, 0.5) is 0 Å². The van der Waals surface area contributed by atoms with Gasteiger partial charge in [-0.2, -0.15) is 0 Å². The summed E-state index contributed by atoms with van der Waals surface area (Å²) in [7, 11) is 0. The van der Waals surface area contributed by atoms with E-state index in [4.69, 9.17) is 0 Å². The zero-order valence-electron chi connectivity index (χ0n) is 13.9. The number of rotatable bonds is 5. The Hall–Kier alpha value is -1.95. The highest BCUT2D eigenvalue weighted by molar-refractivity contribution is 7.12. The highest BCUT2D eigenvalue weighted by Crippen LogP contribution is 2.19. The maximum absolute atomic E-state index is 12.4. The van der Waals surface area contributed by atoms with E-state index in [1.165, 1.54) is 32.2 Å². The lowest BCUT2D eigenvalue weighted by Gasteiger charge is -2.32. The lowest BCUT2D eigenvalue weighted by Crippen LogP contribution is -3.12. The first-order chi connectivity index (χ1) is 12.3. The topological polar surface area (TPSA) is 33.5 Å². The standard InChI is InChI=1S/C20H20N2OS2/c23-20(19-8-4-12-25-19)21-13-17(18-7-3-11-24-18)22-10-9-15-5-1-2-6-16(15)14-22/h1-8,11-12,17H,9-10,13-14H2,(H,21,23)/p+1/t17-/m0/s1. The third-order valence-electron chi connectivity index (χ3n) is 4.84. The van der Waals surface area contributed by atoms with Gasteiger partial charge in [0, 0.05) is 12.0 Å². The van der Waals surface area contributed by atoms with Gasteiger partial charge in [-0.1, -0.05) is 36.4 Å². The van der Waals surface area contributed by atoms with Gasteiger partial charge in [0.05, 0.1) is 22.8 Å². The molecule has 2 N–H and O–H groups in total. The summed E-state index contributed by atoms with van der Waals surface area (Å²) in [6.07, 6.45) is 1.10. The molecule has 0 spiro atoms. The second-order valence-corrected chi connectivity index (χ2v) is 8.29. The molecule has 5 heteroatoms. The van der Waals surface area contributed by atoms with Crippen molar-refractivity contribution in [3.05, 3.63) is 80.2 Å². The Bertz CT molecular complexity index is 827. The van der Waals surface area contributed by atoms with Gasteiger partial charge < -0.3 is 10.2 Å². The number of hydrogen-bond acceptors (Lipinski definition) is 3. The summed E-state index contributed by atoms with van der Waals surface area (Å²) in [6.45, 7) is 2.80. The van der Waals surface area contributed by atoms with Crippen molar-refractivity contribution in [2.45, 2.75) is 19.0 Å². The molecule has 128 valence electrons. The first-order valence-electron chi connectivity index (χ1n) is 8.58. The van der Waals surface area contributed by atoms with Crippen molar-refractivity contribution in [1.82, 2.24) is 5.32 Å². The van der Waals surface area contributed by atoms with Crippen molar-refractivity contribution >= 4 is 28.6 Å². The van der Waals surface area contributed by atoms with Crippen LogP contribution in [0.15, 0.2) is 59.3 Å². The van der Waals surface area contributed by atoms with Crippen molar-refractivity contribution in [1.29, 1.82) is 0 Å². The monoisotopic (exact) mass is 369 g/mol. The van der Waals surface area contributed by atoms with Gasteiger partial charge in [0.2, 0.25) is 0 Å². The minimum atomic E-state index is 0.0355. The summed E-state index contributed by atoms with van der Waals surface area (Å²) >= 11 is 3.28. The minimum Gasteiger partial charge on any atom is -0.345 e. The second kappa shape index (κ2) is 7.52. The molecule has 2 aromatic heterocycles. The summed E-state index contributed by atoms with van der Waals surface area (Å²) < 4.78 is 0. The average Bonchev–Trinajstić information content (AvgIpc) is 3.35. The molecule has 1 aliphatic rings. The largest absolute Gasteiger partial charge is 0.345 e. The number of nitrogens with one attached hydrogen (secondary N) is 2. The summed E-state index contributed by atoms with van der Waals surface area (Å²) in [6, 6.07) is 17.1. The zero-order chi connectivity index (χ0) is 17.1. The van der Waals surface area contributed by atoms with Crippen LogP contribution in [0.2, 0.25) is 0 Å². The van der Waals surface area contributed by atoms with Gasteiger partial charge in [0.25, 0.3) is 5.91 Å². The van der Waals surface area contributed by atoms with Crippen molar-refractivity contribution < 1.29 is 9.69 Å². The average molecular weight is 370 g/mol. The van der Waals surface area contributed by atoms with Crippen LogP contribution in [-0.2, 0) is 13.0 Å². The van der Waals surface area contributed by atoms with Crippen molar-refractivity contribution in [3.8, 4) is 0 Å². The van der Waals surface area contributed by atoms with Crippen LogP contribution in [0, 0.1) is 0 Å². The number of carbonyl (C=O) groups excluding carboxylic acids is 1. The number of fused-ring (bicyclic) bond motifs is 1. The van der Waals surface area contributed by atoms with Gasteiger partial charge in [-0.15, -0.1) is 22.7 Å². The van der Waals surface area contributed by atoms with Crippen LogP contribution in [0.1, 0.15) is 31.7 Å². The molecular formula is C20H21N2OS2+. The molecule has 0 radical (unpaired) electrons. The van der Waals surface area contributed by atoms with E-state index >= 15 is 0 Å². The molecule has 1 aromatic carbocycles. The number of hydrogen-bond donors (Lipinski definition) is 2. The van der Waals surface area contributed by atoms with Gasteiger partial charge in [-0.05, 0) is 28.5 Å². The van der Waals surface area contributed by atoms with E-state index in [1.807, 2.05) is 17.5 Å². The smallest absolute Gasteiger partial charge is 0.261 e. The third kappa shape index (κ3) is 3.68. The predicted molar refractivity (Wildman–Crippen MR) is 103 cm³/mol. The molecule has 2 atom stereocenters. The fraction of sp³-hybridized carbons (Fsp3) is 0.250. The van der Waals surface area contributed by atoms with Gasteiger partial charge in [0.1, 0.15) is 12.6 Å². The molecule has 0 fully saturated rings. The van der Waals surface area contributed by atoms with E-state index in [1.54, 1.807) is 11.3 Å². The molecule has 0 aliphatic carbocycles. The fourth-order valence-electron chi connectivity index (χ4n) is 3.52. The van der Waals surface area contributed by atoms with E-state index in [2.05, 4.69) is 47.1 Å². The maximum atomic E-state index is 12.4. The summed E-state index contributed by atoms with van der Waals surface area (Å²) in [5.41, 5.74) is 2.91. The number of benzene rings is 1. The molecule has 4 rings (SSSR count). The molecule has 1 amide bonds. The van der Waals surface area contributed by atoms with Crippen LogP contribution < -0.4 is 10.2 Å². The Labute approximate surface area is 155 Å². The third-order valence-corrected chi connectivity index (χ3v) is 6.70. The Morgan fingerprint density at radius 2 is 1.84 bits per heavy atom. The number of amides is 1. The van der Waals surface area contributed by atoms with Crippen molar-refractivity contribution in [3.63, 3.8) is 0 Å². The number of thiophene rings is 2. The van der Waals surface area contributed by atoms with Crippen molar-refractivity contribution in [2.24, 2.45) is 0 Å². The van der Waals surface area contributed by atoms with Crippen LogP contribution in [0.5, 0.6) is 0 Å². The van der Waals surface area contributed by atoms with E-state index in [9.17, 15) is 4.79 Å². The van der Waals surface area contributed by atoms with Gasteiger partial charge >= 0.3 is 0 Å². The molecule has 1 aliphatic heterocycles. The molecule has 25 heavy (non-hydrogen) atoms. The second-order valence-electron chi connectivity index (χ2n) is 6.36. The normalized spacial score (nSPS) is 17.7. The van der Waals surface area contributed by atoms with Gasteiger partial charge in [-0.3, -0.25) is 4.79 Å².